The Hall–Kier alpha value is -2.55. The highest BCUT2D eigenvalue weighted by Crippen LogP contribution is 2.42. The zero-order chi connectivity index (χ0) is 22.6. The summed E-state index contributed by atoms with van der Waals surface area (Å²) in [6.07, 6.45) is -0.0155. The van der Waals surface area contributed by atoms with Crippen LogP contribution in [0.25, 0.3) is 5.69 Å². The molecule has 0 bridgehead atoms. The molecule has 3 aromatic rings. The zero-order valence-electron chi connectivity index (χ0n) is 17.7. The lowest BCUT2D eigenvalue weighted by Gasteiger charge is -2.30. The van der Waals surface area contributed by atoms with Crippen LogP contribution in [0.2, 0.25) is 5.02 Å². The number of aliphatic hydroxyl groups excluding tert-OH is 1. The average molecular weight is 461 g/mol. The normalized spacial score (nSPS) is 23.0. The Morgan fingerprint density at radius 2 is 1.88 bits per heavy atom. The predicted molar refractivity (Wildman–Crippen MR) is 115 cm³/mol. The summed E-state index contributed by atoms with van der Waals surface area (Å²) in [7, 11) is 0. The van der Waals surface area contributed by atoms with Gasteiger partial charge in [-0.15, -0.1) is 10.2 Å². The zero-order valence-corrected chi connectivity index (χ0v) is 18.5. The van der Waals surface area contributed by atoms with E-state index in [-0.39, 0.29) is 6.04 Å². The minimum atomic E-state index is -0.642. The van der Waals surface area contributed by atoms with E-state index in [1.165, 1.54) is 6.07 Å². The largest absolute Gasteiger partial charge is 0.482 e. The van der Waals surface area contributed by atoms with Crippen LogP contribution in [0.5, 0.6) is 5.75 Å². The third-order valence-electron chi connectivity index (χ3n) is 6.34. The number of fused-ring (bicyclic) bond motifs is 1. The molecule has 3 atom stereocenters. The van der Waals surface area contributed by atoms with Crippen LogP contribution in [-0.2, 0) is 6.42 Å². The van der Waals surface area contributed by atoms with Gasteiger partial charge in [-0.2, -0.15) is 0 Å². The maximum Gasteiger partial charge on any atom is 0.140 e. The van der Waals surface area contributed by atoms with Crippen LogP contribution in [0.4, 0.5) is 8.78 Å². The van der Waals surface area contributed by atoms with Gasteiger partial charge in [0.2, 0.25) is 0 Å². The smallest absolute Gasteiger partial charge is 0.140 e. The number of rotatable bonds is 4. The van der Waals surface area contributed by atoms with Gasteiger partial charge in [0.25, 0.3) is 0 Å². The van der Waals surface area contributed by atoms with Crippen molar-refractivity contribution in [3.8, 4) is 11.4 Å². The van der Waals surface area contributed by atoms with Crippen molar-refractivity contribution in [2.75, 3.05) is 13.1 Å². The Labute approximate surface area is 189 Å². The van der Waals surface area contributed by atoms with Gasteiger partial charge in [-0.05, 0) is 56.5 Å². The van der Waals surface area contributed by atoms with E-state index in [4.69, 9.17) is 16.3 Å². The van der Waals surface area contributed by atoms with Gasteiger partial charge in [0.1, 0.15) is 35.1 Å². The molecule has 1 aromatic heterocycles. The first-order chi connectivity index (χ1) is 15.3. The highest BCUT2D eigenvalue weighted by Gasteiger charge is 2.42. The minimum Gasteiger partial charge on any atom is -0.482 e. The van der Waals surface area contributed by atoms with Crippen molar-refractivity contribution in [1.82, 2.24) is 19.7 Å². The van der Waals surface area contributed by atoms with Crippen molar-refractivity contribution in [2.45, 2.75) is 44.9 Å². The Balaban J connectivity index is 1.50. The van der Waals surface area contributed by atoms with Crippen molar-refractivity contribution < 1.29 is 18.6 Å². The Bertz CT molecular complexity index is 1170. The van der Waals surface area contributed by atoms with E-state index >= 15 is 0 Å². The molecule has 32 heavy (non-hydrogen) atoms. The maximum absolute atomic E-state index is 14.6. The third kappa shape index (κ3) is 3.66. The number of likely N-dealkylation sites (tertiary alicyclic amines) is 1. The van der Waals surface area contributed by atoms with Crippen molar-refractivity contribution in [2.24, 2.45) is 0 Å². The van der Waals surface area contributed by atoms with Gasteiger partial charge in [0.05, 0.1) is 22.9 Å². The Morgan fingerprint density at radius 3 is 2.53 bits per heavy atom. The minimum absolute atomic E-state index is 0.225. The molecule has 168 valence electrons. The van der Waals surface area contributed by atoms with E-state index in [9.17, 15) is 13.9 Å². The van der Waals surface area contributed by atoms with E-state index in [1.807, 2.05) is 24.5 Å². The van der Waals surface area contributed by atoms with E-state index in [2.05, 4.69) is 15.1 Å². The summed E-state index contributed by atoms with van der Waals surface area (Å²) in [6, 6.07) is 7.37. The van der Waals surface area contributed by atoms with Crippen LogP contribution < -0.4 is 4.74 Å². The van der Waals surface area contributed by atoms with Crippen LogP contribution in [0.1, 0.15) is 35.3 Å². The highest BCUT2D eigenvalue weighted by atomic mass is 35.5. The molecule has 9 heteroatoms. The van der Waals surface area contributed by atoms with Crippen molar-refractivity contribution in [3.05, 3.63) is 69.8 Å². The molecule has 0 saturated carbocycles. The lowest BCUT2D eigenvalue weighted by molar-refractivity contribution is 0.0817. The molecular formula is C23H23ClF2N4O2. The first-order valence-corrected chi connectivity index (χ1v) is 10.9. The molecule has 1 aliphatic heterocycles. The molecule has 2 aromatic carbocycles. The van der Waals surface area contributed by atoms with Crippen molar-refractivity contribution >= 4 is 11.6 Å². The van der Waals surface area contributed by atoms with E-state index in [0.717, 1.165) is 23.4 Å². The van der Waals surface area contributed by atoms with Gasteiger partial charge in [-0.25, -0.2) is 8.78 Å². The first-order valence-electron chi connectivity index (χ1n) is 10.6. The molecule has 2 heterocycles. The Morgan fingerprint density at radius 1 is 1.12 bits per heavy atom. The number of benzene rings is 2. The molecule has 1 saturated heterocycles. The fraction of sp³-hybridized carbons (Fsp3) is 0.391. The van der Waals surface area contributed by atoms with Gasteiger partial charge >= 0.3 is 0 Å². The van der Waals surface area contributed by atoms with Gasteiger partial charge in [0.15, 0.2) is 0 Å². The van der Waals surface area contributed by atoms with Crippen LogP contribution >= 0.6 is 11.6 Å². The second-order valence-corrected chi connectivity index (χ2v) is 8.85. The molecule has 0 amide bonds. The number of aliphatic hydroxyl groups is 1. The fourth-order valence-electron chi connectivity index (χ4n) is 4.85. The molecule has 5 rings (SSSR count). The number of aromatic nitrogens is 3. The lowest BCUT2D eigenvalue weighted by atomic mass is 10.1. The molecule has 1 aliphatic carbocycles. The number of nitrogens with zero attached hydrogens (tertiary/aromatic N) is 4. The van der Waals surface area contributed by atoms with Gasteiger partial charge < -0.3 is 9.84 Å². The number of β-amino-alcohol motifs (C(OH)–C–C–N with tert-alkyl or cyclic N) is 1. The summed E-state index contributed by atoms with van der Waals surface area (Å²) < 4.78 is 36.8. The topological polar surface area (TPSA) is 63.4 Å². The molecule has 0 spiro atoms. The quantitative estimate of drug-likeness (QED) is 0.639. The molecule has 6 nitrogen and oxygen atoms in total. The fourth-order valence-corrected chi connectivity index (χ4v) is 5.07. The van der Waals surface area contributed by atoms with Crippen LogP contribution in [0, 0.1) is 25.5 Å². The summed E-state index contributed by atoms with van der Waals surface area (Å²) in [4.78, 5) is 2.08. The van der Waals surface area contributed by atoms with E-state index in [0.29, 0.717) is 47.8 Å². The first kappa shape index (κ1) is 21.3. The van der Waals surface area contributed by atoms with E-state index in [1.54, 1.807) is 12.1 Å². The SMILES string of the molecule is Cc1nnc(C)n1-c1ccc(O[C@H]2c3cc(F)cc(F)c3C[C@@H]2N2CC[C@@H](O)C2)c(Cl)c1. The average Bonchev–Trinajstić information content (AvgIpc) is 3.41. The van der Waals surface area contributed by atoms with Crippen molar-refractivity contribution in [1.29, 1.82) is 0 Å². The van der Waals surface area contributed by atoms with Crippen LogP contribution in [-0.4, -0.2) is 50.0 Å². The summed E-state index contributed by atoms with van der Waals surface area (Å²) in [5.41, 5.74) is 1.73. The summed E-state index contributed by atoms with van der Waals surface area (Å²) in [5, 5.41) is 18.5. The van der Waals surface area contributed by atoms with Gasteiger partial charge in [0, 0.05) is 24.7 Å². The van der Waals surface area contributed by atoms with Crippen LogP contribution in [0.3, 0.4) is 0 Å². The molecule has 1 N–H and O–H groups in total. The molecular weight excluding hydrogens is 438 g/mol. The second-order valence-electron chi connectivity index (χ2n) is 8.45. The lowest BCUT2D eigenvalue weighted by Crippen LogP contribution is -2.39. The number of hydrogen-bond acceptors (Lipinski definition) is 5. The predicted octanol–water partition coefficient (Wildman–Crippen LogP) is 3.93. The number of halogens is 3. The maximum atomic E-state index is 14.6. The van der Waals surface area contributed by atoms with Crippen molar-refractivity contribution in [3.63, 3.8) is 0 Å². The van der Waals surface area contributed by atoms with Gasteiger partial charge in [-0.1, -0.05) is 11.6 Å². The van der Waals surface area contributed by atoms with E-state index < -0.39 is 23.8 Å². The molecule has 2 aliphatic rings. The molecule has 0 unspecified atom stereocenters. The monoisotopic (exact) mass is 460 g/mol. The standard InChI is InChI=1S/C23H23ClF2N4O2/c1-12-27-28-13(2)30(12)15-3-4-22(19(24)9-15)32-23-18-7-14(25)8-20(26)17(18)10-21(23)29-6-5-16(31)11-29/h3-4,7-9,16,21,23,31H,5-6,10-11H2,1-2H3/t16-,21+,23+/m1/s1. The number of aryl methyl sites for hydroxylation is 2. The van der Waals surface area contributed by atoms with Gasteiger partial charge in [-0.3, -0.25) is 9.47 Å². The number of ether oxygens (including phenoxy) is 1. The summed E-state index contributed by atoms with van der Waals surface area (Å²) >= 11 is 6.57. The highest BCUT2D eigenvalue weighted by molar-refractivity contribution is 6.32. The van der Waals surface area contributed by atoms with Crippen LogP contribution in [0.15, 0.2) is 30.3 Å². The third-order valence-corrected chi connectivity index (χ3v) is 6.64. The summed E-state index contributed by atoms with van der Waals surface area (Å²) in [6.45, 7) is 4.85. The summed E-state index contributed by atoms with van der Waals surface area (Å²) in [5.74, 6) is 0.671. The molecule has 1 fully saturated rings. The second kappa shape index (κ2) is 8.10. The Kier molecular flexibility index (Phi) is 5.39. The number of hydrogen-bond donors (Lipinski definition) is 1. The molecule has 0 radical (unpaired) electrons.